The van der Waals surface area contributed by atoms with Crippen molar-refractivity contribution < 1.29 is 9.59 Å². The number of hydrogen-bond donors (Lipinski definition) is 1. The molecule has 1 saturated heterocycles. The summed E-state index contributed by atoms with van der Waals surface area (Å²) in [6.07, 6.45) is 3.20. The Morgan fingerprint density at radius 2 is 1.68 bits per heavy atom. The molecule has 2 aromatic carbocycles. The number of anilines is 2. The first-order valence-electron chi connectivity index (χ1n) is 8.97. The third kappa shape index (κ3) is 5.06. The van der Waals surface area contributed by atoms with Gasteiger partial charge in [0.15, 0.2) is 0 Å². The second kappa shape index (κ2) is 9.13. The molecule has 1 fully saturated rings. The Morgan fingerprint density at radius 1 is 1.00 bits per heavy atom. The molecular weight excluding hydrogens is 397 g/mol. The number of nitrogens with one attached hydrogen (secondary N) is 1. The number of para-hydroxylation sites is 1. The molecule has 0 aliphatic carbocycles. The molecule has 0 bridgehead atoms. The lowest BCUT2D eigenvalue weighted by Gasteiger charge is -2.36. The van der Waals surface area contributed by atoms with E-state index in [9.17, 15) is 9.59 Å². The summed E-state index contributed by atoms with van der Waals surface area (Å²) >= 11 is 12.3. The van der Waals surface area contributed by atoms with Crippen molar-refractivity contribution in [1.82, 2.24) is 4.90 Å². The maximum Gasteiger partial charge on any atom is 0.248 e. The van der Waals surface area contributed by atoms with Crippen molar-refractivity contribution in [2.45, 2.75) is 6.92 Å². The van der Waals surface area contributed by atoms with Gasteiger partial charge in [0.1, 0.15) is 0 Å². The van der Waals surface area contributed by atoms with Crippen LogP contribution in [0.25, 0.3) is 6.08 Å². The highest BCUT2D eigenvalue weighted by Crippen LogP contribution is 2.34. The third-order valence-corrected chi connectivity index (χ3v) is 5.14. The van der Waals surface area contributed by atoms with Crippen molar-refractivity contribution in [3.8, 4) is 0 Å². The van der Waals surface area contributed by atoms with Gasteiger partial charge in [-0.15, -0.1) is 0 Å². The van der Waals surface area contributed by atoms with E-state index in [1.807, 2.05) is 18.2 Å². The quantitative estimate of drug-likeness (QED) is 0.753. The fourth-order valence-corrected chi connectivity index (χ4v) is 3.52. The summed E-state index contributed by atoms with van der Waals surface area (Å²) in [4.78, 5) is 27.8. The highest BCUT2D eigenvalue weighted by Gasteiger charge is 2.22. The molecule has 7 heteroatoms. The second-order valence-corrected chi connectivity index (χ2v) is 7.35. The number of amides is 2. The average Bonchev–Trinajstić information content (AvgIpc) is 2.68. The molecule has 1 N–H and O–H groups in total. The van der Waals surface area contributed by atoms with Gasteiger partial charge in [-0.1, -0.05) is 41.4 Å². The van der Waals surface area contributed by atoms with Crippen LogP contribution in [0, 0.1) is 0 Å². The van der Waals surface area contributed by atoms with Crippen LogP contribution in [0.15, 0.2) is 48.5 Å². The number of hydrogen-bond acceptors (Lipinski definition) is 3. The number of carbonyl (C=O) groups is 2. The molecular formula is C21H21Cl2N3O2. The van der Waals surface area contributed by atoms with Gasteiger partial charge < -0.3 is 15.1 Å². The summed E-state index contributed by atoms with van der Waals surface area (Å²) in [6, 6.07) is 12.6. The van der Waals surface area contributed by atoms with Crippen LogP contribution < -0.4 is 10.2 Å². The Morgan fingerprint density at radius 3 is 2.32 bits per heavy atom. The Kier molecular flexibility index (Phi) is 6.60. The SMILES string of the molecule is CC(=O)N1CCN(c2c(Cl)cccc2NC(=O)/C=C/c2ccc(Cl)cc2)CC1. The van der Waals surface area contributed by atoms with Gasteiger partial charge in [-0.3, -0.25) is 9.59 Å². The van der Waals surface area contributed by atoms with E-state index in [1.165, 1.54) is 6.08 Å². The van der Waals surface area contributed by atoms with E-state index in [0.29, 0.717) is 41.9 Å². The monoisotopic (exact) mass is 417 g/mol. The van der Waals surface area contributed by atoms with Crippen LogP contribution in [0.3, 0.4) is 0 Å². The van der Waals surface area contributed by atoms with Crippen molar-refractivity contribution in [1.29, 1.82) is 0 Å². The van der Waals surface area contributed by atoms with Gasteiger partial charge in [0.25, 0.3) is 0 Å². The molecule has 0 spiro atoms. The number of halogens is 2. The molecule has 5 nitrogen and oxygen atoms in total. The molecule has 2 aromatic rings. The van der Waals surface area contributed by atoms with Gasteiger partial charge in [-0.25, -0.2) is 0 Å². The summed E-state index contributed by atoms with van der Waals surface area (Å²) in [6.45, 7) is 4.15. The van der Waals surface area contributed by atoms with Crippen LogP contribution >= 0.6 is 23.2 Å². The van der Waals surface area contributed by atoms with Crippen molar-refractivity contribution in [3.05, 3.63) is 64.1 Å². The van der Waals surface area contributed by atoms with E-state index in [4.69, 9.17) is 23.2 Å². The maximum atomic E-state index is 12.4. The second-order valence-electron chi connectivity index (χ2n) is 6.50. The van der Waals surface area contributed by atoms with Crippen LogP contribution in [0.5, 0.6) is 0 Å². The Bertz CT molecular complexity index is 889. The highest BCUT2D eigenvalue weighted by molar-refractivity contribution is 6.34. The van der Waals surface area contributed by atoms with Gasteiger partial charge >= 0.3 is 0 Å². The van der Waals surface area contributed by atoms with Crippen LogP contribution in [-0.4, -0.2) is 42.9 Å². The Balaban J connectivity index is 1.72. The minimum Gasteiger partial charge on any atom is -0.365 e. The van der Waals surface area contributed by atoms with Crippen LogP contribution in [0.2, 0.25) is 10.0 Å². The van der Waals surface area contributed by atoms with Gasteiger partial charge in [-0.05, 0) is 35.9 Å². The fourth-order valence-electron chi connectivity index (χ4n) is 3.10. The number of rotatable bonds is 4. The first kappa shape index (κ1) is 20.2. The Labute approximate surface area is 174 Å². The van der Waals surface area contributed by atoms with E-state index in [0.717, 1.165) is 11.3 Å². The van der Waals surface area contributed by atoms with Crippen LogP contribution in [0.4, 0.5) is 11.4 Å². The maximum absolute atomic E-state index is 12.4. The largest absolute Gasteiger partial charge is 0.365 e. The zero-order valence-electron chi connectivity index (χ0n) is 15.5. The van der Waals surface area contributed by atoms with Gasteiger partial charge in [-0.2, -0.15) is 0 Å². The van der Waals surface area contributed by atoms with E-state index in [2.05, 4.69) is 10.2 Å². The van der Waals surface area contributed by atoms with E-state index >= 15 is 0 Å². The van der Waals surface area contributed by atoms with Crippen molar-refractivity contribution >= 4 is 52.5 Å². The molecule has 0 radical (unpaired) electrons. The molecule has 1 heterocycles. The number of benzene rings is 2. The molecule has 146 valence electrons. The lowest BCUT2D eigenvalue weighted by Crippen LogP contribution is -2.48. The zero-order chi connectivity index (χ0) is 20.1. The van der Waals surface area contributed by atoms with Crippen molar-refractivity contribution in [3.63, 3.8) is 0 Å². The van der Waals surface area contributed by atoms with E-state index in [1.54, 1.807) is 42.2 Å². The average molecular weight is 418 g/mol. The van der Waals surface area contributed by atoms with E-state index in [-0.39, 0.29) is 11.8 Å². The minimum atomic E-state index is -0.249. The fraction of sp³-hybridized carbons (Fsp3) is 0.238. The zero-order valence-corrected chi connectivity index (χ0v) is 17.0. The Hall–Kier alpha value is -2.50. The number of piperazine rings is 1. The normalized spacial score (nSPS) is 14.4. The summed E-state index contributed by atoms with van der Waals surface area (Å²) < 4.78 is 0. The molecule has 2 amide bonds. The van der Waals surface area contributed by atoms with Gasteiger partial charge in [0.2, 0.25) is 11.8 Å². The summed E-state index contributed by atoms with van der Waals surface area (Å²) in [5, 5.41) is 4.12. The molecule has 0 atom stereocenters. The molecule has 1 aliphatic heterocycles. The molecule has 0 aromatic heterocycles. The van der Waals surface area contributed by atoms with E-state index < -0.39 is 0 Å². The highest BCUT2D eigenvalue weighted by atomic mass is 35.5. The lowest BCUT2D eigenvalue weighted by molar-refractivity contribution is -0.129. The first-order valence-corrected chi connectivity index (χ1v) is 9.73. The van der Waals surface area contributed by atoms with Crippen molar-refractivity contribution in [2.75, 3.05) is 36.4 Å². The van der Waals surface area contributed by atoms with Gasteiger partial charge in [0.05, 0.1) is 16.4 Å². The summed E-state index contributed by atoms with van der Waals surface area (Å²) in [5.74, 6) is -0.180. The molecule has 0 saturated carbocycles. The smallest absolute Gasteiger partial charge is 0.248 e. The third-order valence-electron chi connectivity index (χ3n) is 4.58. The van der Waals surface area contributed by atoms with Crippen LogP contribution in [0.1, 0.15) is 12.5 Å². The first-order chi connectivity index (χ1) is 13.4. The molecule has 28 heavy (non-hydrogen) atoms. The summed E-state index contributed by atoms with van der Waals surface area (Å²) in [7, 11) is 0. The standard InChI is InChI=1S/C21H21Cl2N3O2/c1-15(27)25-11-13-26(14-12-25)21-18(23)3-2-4-19(21)24-20(28)10-7-16-5-8-17(22)9-6-16/h2-10H,11-14H2,1H3,(H,24,28)/b10-7+. The summed E-state index contributed by atoms with van der Waals surface area (Å²) in [5.41, 5.74) is 2.31. The van der Waals surface area contributed by atoms with Crippen molar-refractivity contribution in [2.24, 2.45) is 0 Å². The topological polar surface area (TPSA) is 52.7 Å². The molecule has 1 aliphatic rings. The predicted octanol–water partition coefficient (Wildman–Crippen LogP) is 4.31. The minimum absolute atomic E-state index is 0.0691. The number of carbonyl (C=O) groups excluding carboxylic acids is 2. The van der Waals surface area contributed by atoms with Crippen LogP contribution in [-0.2, 0) is 9.59 Å². The predicted molar refractivity (Wildman–Crippen MR) is 115 cm³/mol. The molecule has 3 rings (SSSR count). The number of nitrogens with zero attached hydrogens (tertiary/aromatic N) is 2. The molecule has 0 unspecified atom stereocenters. The van der Waals surface area contributed by atoms with Gasteiger partial charge in [0, 0.05) is 44.2 Å². The lowest BCUT2D eigenvalue weighted by atomic mass is 10.2.